The maximum atomic E-state index is 12.8. The predicted molar refractivity (Wildman–Crippen MR) is 89.2 cm³/mol. The Morgan fingerprint density at radius 2 is 1.57 bits per heavy atom. The summed E-state index contributed by atoms with van der Waals surface area (Å²) in [5, 5.41) is 0. The van der Waals surface area contributed by atoms with Gasteiger partial charge in [0.05, 0.1) is 5.41 Å². The van der Waals surface area contributed by atoms with Gasteiger partial charge in [0.15, 0.2) is 0 Å². The van der Waals surface area contributed by atoms with E-state index in [1.54, 1.807) is 0 Å². The molecule has 1 rings (SSSR count). The number of nitrogens with zero attached hydrogens (tertiary/aromatic N) is 2. The van der Waals surface area contributed by atoms with Crippen LogP contribution in [0.15, 0.2) is 0 Å². The third kappa shape index (κ3) is 4.96. The van der Waals surface area contributed by atoms with E-state index in [0.717, 1.165) is 45.6 Å². The lowest BCUT2D eigenvalue weighted by Crippen LogP contribution is -2.55. The quantitative estimate of drug-likeness (QED) is 0.818. The van der Waals surface area contributed by atoms with Crippen molar-refractivity contribution in [3.8, 4) is 0 Å². The van der Waals surface area contributed by atoms with Crippen LogP contribution in [0, 0.1) is 10.8 Å². The molecule has 0 aromatic heterocycles. The molecule has 1 saturated heterocycles. The lowest BCUT2D eigenvalue weighted by Gasteiger charge is -2.40. The van der Waals surface area contributed by atoms with Crippen molar-refractivity contribution < 1.29 is 4.79 Å². The molecule has 4 heteroatoms. The van der Waals surface area contributed by atoms with Crippen molar-refractivity contribution in [3.63, 3.8) is 0 Å². The third-order valence-corrected chi connectivity index (χ3v) is 5.04. The van der Waals surface area contributed by atoms with Gasteiger partial charge in [-0.3, -0.25) is 9.69 Å². The average Bonchev–Trinajstić information content (AvgIpc) is 2.47. The van der Waals surface area contributed by atoms with Crippen molar-refractivity contribution in [2.75, 3.05) is 39.3 Å². The van der Waals surface area contributed by atoms with E-state index < -0.39 is 0 Å². The monoisotopic (exact) mass is 297 g/mol. The normalized spacial score (nSPS) is 18.1. The van der Waals surface area contributed by atoms with Gasteiger partial charge in [-0.15, -0.1) is 0 Å². The Balaban J connectivity index is 2.50. The Morgan fingerprint density at radius 1 is 1.05 bits per heavy atom. The van der Waals surface area contributed by atoms with E-state index in [1.165, 1.54) is 6.42 Å². The number of piperazine rings is 1. The number of carbonyl (C=O) groups is 1. The van der Waals surface area contributed by atoms with Crippen LogP contribution < -0.4 is 5.73 Å². The summed E-state index contributed by atoms with van der Waals surface area (Å²) in [6, 6.07) is 0. The van der Waals surface area contributed by atoms with Gasteiger partial charge >= 0.3 is 0 Å². The Bertz CT molecular complexity index is 315. The summed E-state index contributed by atoms with van der Waals surface area (Å²) in [4.78, 5) is 17.3. The van der Waals surface area contributed by atoms with Crippen molar-refractivity contribution in [1.82, 2.24) is 9.80 Å². The summed E-state index contributed by atoms with van der Waals surface area (Å²) in [6.45, 7) is 16.3. The molecular formula is C17H35N3O. The fourth-order valence-electron chi connectivity index (χ4n) is 2.93. The molecule has 1 aliphatic heterocycles. The molecule has 0 bridgehead atoms. The number of rotatable bonds is 6. The molecule has 0 aromatic rings. The molecule has 124 valence electrons. The van der Waals surface area contributed by atoms with E-state index in [1.807, 2.05) is 4.90 Å². The van der Waals surface area contributed by atoms with Crippen LogP contribution in [-0.4, -0.2) is 55.0 Å². The van der Waals surface area contributed by atoms with E-state index in [4.69, 9.17) is 5.73 Å². The lowest BCUT2D eigenvalue weighted by molar-refractivity contribution is -0.144. The highest BCUT2D eigenvalue weighted by molar-refractivity contribution is 5.83. The Kier molecular flexibility index (Phi) is 6.67. The summed E-state index contributed by atoms with van der Waals surface area (Å²) in [7, 11) is 0. The summed E-state index contributed by atoms with van der Waals surface area (Å²) in [5.74, 6) is 0.269. The van der Waals surface area contributed by atoms with Crippen LogP contribution in [0.3, 0.4) is 0 Å². The summed E-state index contributed by atoms with van der Waals surface area (Å²) in [5.41, 5.74) is 5.94. The average molecular weight is 297 g/mol. The van der Waals surface area contributed by atoms with Crippen molar-refractivity contribution >= 4 is 5.91 Å². The zero-order valence-corrected chi connectivity index (χ0v) is 14.7. The highest BCUT2D eigenvalue weighted by Gasteiger charge is 2.37. The number of nitrogens with two attached hydrogens (primary N) is 1. The first kappa shape index (κ1) is 18.4. The lowest BCUT2D eigenvalue weighted by atomic mass is 9.80. The van der Waals surface area contributed by atoms with Crippen molar-refractivity contribution in [2.45, 2.75) is 53.9 Å². The molecular weight excluding hydrogens is 262 g/mol. The van der Waals surface area contributed by atoms with E-state index >= 15 is 0 Å². The zero-order valence-electron chi connectivity index (χ0n) is 14.7. The summed E-state index contributed by atoms with van der Waals surface area (Å²) in [6.07, 6.45) is 2.88. The fraction of sp³-hybridized carbons (Fsp3) is 0.941. The summed E-state index contributed by atoms with van der Waals surface area (Å²) >= 11 is 0. The molecule has 1 heterocycles. The highest BCUT2D eigenvalue weighted by atomic mass is 16.2. The standard InChI is InChI=1S/C17H35N3O/c1-6-17(7-2,14-18)15(21)20-12-10-19(11-13-20)9-8-16(3,4)5/h6-14,18H2,1-5H3. The van der Waals surface area contributed by atoms with Crippen molar-refractivity contribution in [1.29, 1.82) is 0 Å². The van der Waals surface area contributed by atoms with Gasteiger partial charge in [-0.2, -0.15) is 0 Å². The van der Waals surface area contributed by atoms with Crippen molar-refractivity contribution in [2.24, 2.45) is 16.6 Å². The van der Waals surface area contributed by atoms with Crippen molar-refractivity contribution in [3.05, 3.63) is 0 Å². The van der Waals surface area contributed by atoms with Gasteiger partial charge in [0.2, 0.25) is 5.91 Å². The molecule has 0 aliphatic carbocycles. The molecule has 0 radical (unpaired) electrons. The van der Waals surface area contributed by atoms with E-state index in [2.05, 4.69) is 39.5 Å². The van der Waals surface area contributed by atoms with Gasteiger partial charge in [-0.05, 0) is 31.2 Å². The highest BCUT2D eigenvalue weighted by Crippen LogP contribution is 2.28. The molecule has 1 fully saturated rings. The first-order valence-electron chi connectivity index (χ1n) is 8.50. The van der Waals surface area contributed by atoms with E-state index in [0.29, 0.717) is 12.0 Å². The SMILES string of the molecule is CCC(CC)(CN)C(=O)N1CCN(CCC(C)(C)C)CC1. The second-order valence-corrected chi connectivity index (χ2v) is 7.64. The molecule has 1 amide bonds. The molecule has 2 N–H and O–H groups in total. The maximum absolute atomic E-state index is 12.8. The van der Waals surface area contributed by atoms with Gasteiger partial charge in [0, 0.05) is 32.7 Å². The molecule has 4 nitrogen and oxygen atoms in total. The van der Waals surface area contributed by atoms with Crippen LogP contribution >= 0.6 is 0 Å². The molecule has 0 unspecified atom stereocenters. The number of hydrogen-bond donors (Lipinski definition) is 1. The topological polar surface area (TPSA) is 49.6 Å². The van der Waals surface area contributed by atoms with Gasteiger partial charge < -0.3 is 10.6 Å². The summed E-state index contributed by atoms with van der Waals surface area (Å²) < 4.78 is 0. The fourth-order valence-corrected chi connectivity index (χ4v) is 2.93. The predicted octanol–water partition coefficient (Wildman–Crippen LogP) is 2.33. The largest absolute Gasteiger partial charge is 0.340 e. The molecule has 1 aliphatic rings. The molecule has 0 saturated carbocycles. The minimum atomic E-state index is -0.340. The van der Waals surface area contributed by atoms with Crippen LogP contribution in [0.5, 0.6) is 0 Å². The Hall–Kier alpha value is -0.610. The number of amides is 1. The Morgan fingerprint density at radius 3 is 1.95 bits per heavy atom. The first-order chi connectivity index (χ1) is 9.78. The molecule has 0 atom stereocenters. The van der Waals surface area contributed by atoms with E-state index in [-0.39, 0.29) is 11.3 Å². The molecule has 21 heavy (non-hydrogen) atoms. The van der Waals surface area contributed by atoms with Crippen LogP contribution in [0.2, 0.25) is 0 Å². The van der Waals surface area contributed by atoms with Crippen LogP contribution in [0.4, 0.5) is 0 Å². The molecule has 0 aromatic carbocycles. The minimum absolute atomic E-state index is 0.269. The zero-order chi connectivity index (χ0) is 16.1. The maximum Gasteiger partial charge on any atom is 0.230 e. The van der Waals surface area contributed by atoms with Gasteiger partial charge in [0.25, 0.3) is 0 Å². The second-order valence-electron chi connectivity index (χ2n) is 7.64. The first-order valence-corrected chi connectivity index (χ1v) is 8.50. The van der Waals surface area contributed by atoms with Crippen LogP contribution in [-0.2, 0) is 4.79 Å². The third-order valence-electron chi connectivity index (χ3n) is 5.04. The second kappa shape index (κ2) is 7.59. The minimum Gasteiger partial charge on any atom is -0.340 e. The number of carbonyl (C=O) groups excluding carboxylic acids is 1. The number of hydrogen-bond acceptors (Lipinski definition) is 3. The van der Waals surface area contributed by atoms with Crippen LogP contribution in [0.25, 0.3) is 0 Å². The van der Waals surface area contributed by atoms with E-state index in [9.17, 15) is 4.79 Å². The molecule has 0 spiro atoms. The van der Waals surface area contributed by atoms with Crippen LogP contribution in [0.1, 0.15) is 53.9 Å². The van der Waals surface area contributed by atoms with Gasteiger partial charge in [-0.25, -0.2) is 0 Å². The van der Waals surface area contributed by atoms with Gasteiger partial charge in [-0.1, -0.05) is 34.6 Å². The van der Waals surface area contributed by atoms with Gasteiger partial charge in [0.1, 0.15) is 0 Å². The Labute approximate surface area is 131 Å². The smallest absolute Gasteiger partial charge is 0.230 e.